The summed E-state index contributed by atoms with van der Waals surface area (Å²) in [5.41, 5.74) is 0.932. The molecule has 1 aliphatic heterocycles. The summed E-state index contributed by atoms with van der Waals surface area (Å²) in [5, 5.41) is 9.08. The van der Waals surface area contributed by atoms with Crippen LogP contribution in [0.15, 0.2) is 18.2 Å². The van der Waals surface area contributed by atoms with Crippen LogP contribution in [0.5, 0.6) is 0 Å². The zero-order valence-corrected chi connectivity index (χ0v) is 11.0. The van der Waals surface area contributed by atoms with Crippen molar-refractivity contribution in [2.45, 2.75) is 6.42 Å². The maximum atomic E-state index is 11.9. The van der Waals surface area contributed by atoms with Crippen molar-refractivity contribution in [3.05, 3.63) is 28.8 Å². The predicted molar refractivity (Wildman–Crippen MR) is 68.6 cm³/mol. The van der Waals surface area contributed by atoms with Gasteiger partial charge in [0.15, 0.2) is 0 Å². The molecule has 1 heterocycles. The first kappa shape index (κ1) is 13.4. The van der Waals surface area contributed by atoms with Crippen molar-refractivity contribution in [1.29, 1.82) is 5.26 Å². The van der Waals surface area contributed by atoms with E-state index in [1.165, 1.54) is 18.1 Å². The van der Waals surface area contributed by atoms with Crippen LogP contribution in [0.2, 0.25) is 5.02 Å². The van der Waals surface area contributed by atoms with Crippen molar-refractivity contribution in [3.63, 3.8) is 0 Å². The van der Waals surface area contributed by atoms with Gasteiger partial charge in [0.25, 0.3) is 0 Å². The number of benzene rings is 1. The van der Waals surface area contributed by atoms with E-state index in [4.69, 9.17) is 16.9 Å². The lowest BCUT2D eigenvalue weighted by Crippen LogP contribution is -2.26. The van der Waals surface area contributed by atoms with E-state index in [1.54, 1.807) is 12.1 Å². The molecule has 1 aliphatic rings. The van der Waals surface area contributed by atoms with Crippen LogP contribution in [-0.4, -0.2) is 25.5 Å². The molecule has 2 rings (SSSR count). The predicted octanol–water partition coefficient (Wildman–Crippen LogP) is 1.74. The second kappa shape index (κ2) is 5.29. The Labute approximate surface area is 115 Å². The maximum Gasteiger partial charge on any atom is 0.311 e. The molecule has 0 aliphatic carbocycles. The Kier molecular flexibility index (Phi) is 3.72. The highest BCUT2D eigenvalue weighted by Gasteiger charge is 2.36. The number of methoxy groups -OCH3 is 1. The number of carbonyl (C=O) groups excluding carboxylic acids is 2. The van der Waals surface area contributed by atoms with E-state index in [0.29, 0.717) is 16.3 Å². The Hall–Kier alpha value is -2.06. The van der Waals surface area contributed by atoms with Crippen molar-refractivity contribution >= 4 is 29.2 Å². The summed E-state index contributed by atoms with van der Waals surface area (Å²) in [6, 6.07) is 6.66. The van der Waals surface area contributed by atoms with E-state index in [2.05, 4.69) is 4.74 Å². The number of carbonyl (C=O) groups is 2. The molecule has 0 bridgehead atoms. The summed E-state index contributed by atoms with van der Waals surface area (Å²) in [4.78, 5) is 24.8. The van der Waals surface area contributed by atoms with Crippen LogP contribution in [0.1, 0.15) is 12.0 Å². The zero-order chi connectivity index (χ0) is 14.0. The smallest absolute Gasteiger partial charge is 0.311 e. The second-order valence-corrected chi connectivity index (χ2v) is 4.61. The molecule has 1 amide bonds. The van der Waals surface area contributed by atoms with Gasteiger partial charge in [-0.05, 0) is 18.2 Å². The Morgan fingerprint density at radius 1 is 1.58 bits per heavy atom. The number of anilines is 1. The van der Waals surface area contributed by atoms with Gasteiger partial charge in [-0.3, -0.25) is 9.59 Å². The fourth-order valence-electron chi connectivity index (χ4n) is 2.06. The average Bonchev–Trinajstić information content (AvgIpc) is 2.79. The number of ether oxygens (including phenoxy) is 1. The monoisotopic (exact) mass is 278 g/mol. The number of nitriles is 1. The number of hydrogen-bond acceptors (Lipinski definition) is 4. The normalized spacial score (nSPS) is 18.3. The van der Waals surface area contributed by atoms with Gasteiger partial charge in [-0.1, -0.05) is 11.6 Å². The average molecular weight is 279 g/mol. The molecule has 1 aromatic rings. The molecule has 0 aromatic heterocycles. The lowest BCUT2D eigenvalue weighted by Gasteiger charge is -2.17. The lowest BCUT2D eigenvalue weighted by atomic mass is 10.1. The molecule has 6 heteroatoms. The van der Waals surface area contributed by atoms with Gasteiger partial charge in [0.1, 0.15) is 0 Å². The molecule has 1 aromatic carbocycles. The first-order valence-electron chi connectivity index (χ1n) is 5.64. The summed E-state index contributed by atoms with van der Waals surface area (Å²) in [6.07, 6.45) is 0.114. The molecule has 0 saturated carbocycles. The number of esters is 1. The molecule has 0 spiro atoms. The minimum atomic E-state index is -0.468. The summed E-state index contributed by atoms with van der Waals surface area (Å²) in [5.74, 6) is -1.05. The lowest BCUT2D eigenvalue weighted by molar-refractivity contribution is -0.145. The van der Waals surface area contributed by atoms with E-state index in [1.807, 2.05) is 6.07 Å². The molecule has 1 atom stereocenters. The molecule has 5 nitrogen and oxygen atoms in total. The summed E-state index contributed by atoms with van der Waals surface area (Å²) in [6.45, 7) is 0.247. The zero-order valence-electron chi connectivity index (χ0n) is 10.2. The number of nitrogens with zero attached hydrogens (tertiary/aromatic N) is 2. The molecular formula is C13H11ClN2O3. The summed E-state index contributed by atoms with van der Waals surface area (Å²) in [7, 11) is 1.30. The molecule has 1 fully saturated rings. The van der Waals surface area contributed by atoms with E-state index in [0.717, 1.165) is 0 Å². The summed E-state index contributed by atoms with van der Waals surface area (Å²) >= 11 is 6.05. The highest BCUT2D eigenvalue weighted by Crippen LogP contribution is 2.32. The van der Waals surface area contributed by atoms with Crippen LogP contribution < -0.4 is 4.90 Å². The molecule has 0 N–H and O–H groups in total. The van der Waals surface area contributed by atoms with E-state index < -0.39 is 11.9 Å². The Balaban J connectivity index is 2.26. The number of halogens is 1. The van der Waals surface area contributed by atoms with E-state index in [9.17, 15) is 9.59 Å². The SMILES string of the molecule is COC(=O)C1CC(=O)N(c2ccc(C#N)cc2Cl)C1. The van der Waals surface area contributed by atoms with Gasteiger partial charge in [0.05, 0.1) is 35.4 Å². The van der Waals surface area contributed by atoms with Gasteiger partial charge in [-0.15, -0.1) is 0 Å². The topological polar surface area (TPSA) is 70.4 Å². The first-order chi connectivity index (χ1) is 9.06. The van der Waals surface area contributed by atoms with Gasteiger partial charge in [-0.2, -0.15) is 5.26 Å². The Morgan fingerprint density at radius 2 is 2.32 bits per heavy atom. The van der Waals surface area contributed by atoms with Gasteiger partial charge in [0, 0.05) is 13.0 Å². The van der Waals surface area contributed by atoms with Crippen LogP contribution in [0.3, 0.4) is 0 Å². The van der Waals surface area contributed by atoms with Crippen LogP contribution in [-0.2, 0) is 14.3 Å². The Morgan fingerprint density at radius 3 is 2.89 bits per heavy atom. The molecule has 1 unspecified atom stereocenters. The number of amides is 1. The standard InChI is InChI=1S/C13H11ClN2O3/c1-19-13(18)9-5-12(17)16(7-9)11-3-2-8(6-15)4-10(11)14/h2-4,9H,5,7H2,1H3. The Bertz CT molecular complexity index is 580. The molecule has 19 heavy (non-hydrogen) atoms. The first-order valence-corrected chi connectivity index (χ1v) is 6.02. The van der Waals surface area contributed by atoms with Crippen LogP contribution >= 0.6 is 11.6 Å². The maximum absolute atomic E-state index is 11.9. The fourth-order valence-corrected chi connectivity index (χ4v) is 2.34. The highest BCUT2D eigenvalue weighted by atomic mass is 35.5. The quantitative estimate of drug-likeness (QED) is 0.773. The van der Waals surface area contributed by atoms with Crippen LogP contribution in [0.4, 0.5) is 5.69 Å². The second-order valence-electron chi connectivity index (χ2n) is 4.21. The molecule has 0 radical (unpaired) electrons. The summed E-state index contributed by atoms with van der Waals surface area (Å²) < 4.78 is 4.64. The third kappa shape index (κ3) is 2.54. The van der Waals surface area contributed by atoms with E-state index >= 15 is 0 Å². The molecular weight excluding hydrogens is 268 g/mol. The highest BCUT2D eigenvalue weighted by molar-refractivity contribution is 6.34. The van der Waals surface area contributed by atoms with Crippen molar-refractivity contribution in [1.82, 2.24) is 0 Å². The van der Waals surface area contributed by atoms with Gasteiger partial charge >= 0.3 is 5.97 Å². The third-order valence-corrected chi connectivity index (χ3v) is 3.33. The largest absolute Gasteiger partial charge is 0.469 e. The number of hydrogen-bond donors (Lipinski definition) is 0. The van der Waals surface area contributed by atoms with Crippen molar-refractivity contribution < 1.29 is 14.3 Å². The van der Waals surface area contributed by atoms with Gasteiger partial charge in [0.2, 0.25) is 5.91 Å². The van der Waals surface area contributed by atoms with Crippen molar-refractivity contribution in [3.8, 4) is 6.07 Å². The molecule has 1 saturated heterocycles. The minimum Gasteiger partial charge on any atom is -0.469 e. The third-order valence-electron chi connectivity index (χ3n) is 3.03. The van der Waals surface area contributed by atoms with Crippen LogP contribution in [0, 0.1) is 17.2 Å². The van der Waals surface area contributed by atoms with Gasteiger partial charge in [-0.25, -0.2) is 0 Å². The van der Waals surface area contributed by atoms with Crippen molar-refractivity contribution in [2.75, 3.05) is 18.6 Å². The minimum absolute atomic E-state index is 0.114. The van der Waals surface area contributed by atoms with Gasteiger partial charge < -0.3 is 9.64 Å². The molecule has 98 valence electrons. The van der Waals surface area contributed by atoms with Crippen molar-refractivity contribution in [2.24, 2.45) is 5.92 Å². The van der Waals surface area contributed by atoms with E-state index in [-0.39, 0.29) is 18.9 Å². The number of rotatable bonds is 2. The fraction of sp³-hybridized carbons (Fsp3) is 0.308. The van der Waals surface area contributed by atoms with Crippen LogP contribution in [0.25, 0.3) is 0 Å².